The summed E-state index contributed by atoms with van der Waals surface area (Å²) in [7, 11) is -1.62. The molecular formula is C18H23NSSi. The van der Waals surface area contributed by atoms with Gasteiger partial charge in [-0.1, -0.05) is 52.1 Å². The third-order valence-electron chi connectivity index (χ3n) is 4.98. The van der Waals surface area contributed by atoms with Gasteiger partial charge in [-0.2, -0.15) is 11.3 Å². The van der Waals surface area contributed by atoms with Gasteiger partial charge in [-0.3, -0.25) is 0 Å². The first kappa shape index (κ1) is 14.6. The molecule has 3 heteroatoms. The number of aromatic nitrogens is 1. The highest BCUT2D eigenvalue weighted by atomic mass is 32.1. The minimum atomic E-state index is -1.62. The van der Waals surface area contributed by atoms with Crippen LogP contribution in [-0.2, 0) is 0 Å². The van der Waals surface area contributed by atoms with E-state index in [0.29, 0.717) is 5.04 Å². The van der Waals surface area contributed by atoms with Crippen molar-refractivity contribution in [2.75, 3.05) is 0 Å². The smallest absolute Gasteiger partial charge is 0.161 e. The Morgan fingerprint density at radius 1 is 1.05 bits per heavy atom. The second-order valence-corrected chi connectivity index (χ2v) is 13.1. The Morgan fingerprint density at radius 3 is 2.38 bits per heavy atom. The van der Waals surface area contributed by atoms with Gasteiger partial charge in [0, 0.05) is 22.7 Å². The van der Waals surface area contributed by atoms with Crippen LogP contribution < -0.4 is 0 Å². The molecule has 0 bridgehead atoms. The van der Waals surface area contributed by atoms with Gasteiger partial charge in [0.15, 0.2) is 8.24 Å². The van der Waals surface area contributed by atoms with Gasteiger partial charge >= 0.3 is 0 Å². The quantitative estimate of drug-likeness (QED) is 0.495. The van der Waals surface area contributed by atoms with Gasteiger partial charge in [0.2, 0.25) is 0 Å². The van der Waals surface area contributed by atoms with Crippen molar-refractivity contribution in [3.63, 3.8) is 0 Å². The largest absolute Gasteiger partial charge is 0.373 e. The van der Waals surface area contributed by atoms with Gasteiger partial charge in [0.05, 0.1) is 0 Å². The zero-order valence-corrected chi connectivity index (χ0v) is 15.3. The maximum Gasteiger partial charge on any atom is 0.161 e. The van der Waals surface area contributed by atoms with Crippen molar-refractivity contribution in [1.29, 1.82) is 0 Å². The number of para-hydroxylation sites is 1. The molecule has 0 saturated carbocycles. The van der Waals surface area contributed by atoms with Crippen molar-refractivity contribution >= 4 is 30.5 Å². The minimum Gasteiger partial charge on any atom is -0.373 e. The molecule has 0 unspecified atom stereocenters. The Labute approximate surface area is 132 Å². The highest BCUT2D eigenvalue weighted by Gasteiger charge is 2.38. The fourth-order valence-electron chi connectivity index (χ4n) is 2.65. The molecule has 0 fully saturated rings. The van der Waals surface area contributed by atoms with E-state index in [-0.39, 0.29) is 0 Å². The Kier molecular flexibility index (Phi) is 3.38. The lowest BCUT2D eigenvalue weighted by atomic mass is 10.1. The van der Waals surface area contributed by atoms with Crippen LogP contribution in [0.25, 0.3) is 22.0 Å². The second-order valence-electron chi connectivity index (χ2n) is 7.25. The summed E-state index contributed by atoms with van der Waals surface area (Å²) in [5.41, 5.74) is 4.09. The second kappa shape index (κ2) is 4.85. The Bertz CT molecular complexity index is 760. The van der Waals surface area contributed by atoms with Crippen LogP contribution >= 0.6 is 11.3 Å². The molecule has 3 rings (SSSR count). The third-order valence-corrected chi connectivity index (χ3v) is 10.9. The van der Waals surface area contributed by atoms with E-state index >= 15 is 0 Å². The summed E-state index contributed by atoms with van der Waals surface area (Å²) in [4.78, 5) is 0. The molecule has 110 valence electrons. The first-order valence-corrected chi connectivity index (χ1v) is 11.3. The molecule has 1 nitrogen and oxygen atoms in total. The Hall–Kier alpha value is -1.32. The summed E-state index contributed by atoms with van der Waals surface area (Å²) < 4.78 is 2.59. The van der Waals surface area contributed by atoms with E-state index in [1.807, 2.05) is 0 Å². The zero-order chi connectivity index (χ0) is 15.3. The topological polar surface area (TPSA) is 4.93 Å². The maximum atomic E-state index is 2.59. The van der Waals surface area contributed by atoms with Crippen LogP contribution in [0.15, 0.2) is 47.3 Å². The van der Waals surface area contributed by atoms with Crippen molar-refractivity contribution in [3.8, 4) is 11.1 Å². The predicted molar refractivity (Wildman–Crippen MR) is 97.8 cm³/mol. The summed E-state index contributed by atoms with van der Waals surface area (Å²) in [6.07, 6.45) is 2.39. The summed E-state index contributed by atoms with van der Waals surface area (Å²) in [5, 5.41) is 6.10. The van der Waals surface area contributed by atoms with Gasteiger partial charge in [0.25, 0.3) is 0 Å². The van der Waals surface area contributed by atoms with Crippen molar-refractivity contribution in [2.24, 2.45) is 0 Å². The third kappa shape index (κ3) is 2.29. The molecular weight excluding hydrogens is 290 g/mol. The van der Waals surface area contributed by atoms with Crippen molar-refractivity contribution in [2.45, 2.75) is 38.9 Å². The molecule has 2 aromatic heterocycles. The molecule has 0 spiro atoms. The normalized spacial score (nSPS) is 13.0. The molecule has 0 saturated heterocycles. The number of benzene rings is 1. The molecule has 2 heterocycles. The lowest BCUT2D eigenvalue weighted by molar-refractivity contribution is 0.703. The summed E-state index contributed by atoms with van der Waals surface area (Å²) in [6.45, 7) is 12.1. The molecule has 0 aliphatic rings. The molecule has 0 aliphatic heterocycles. The van der Waals surface area contributed by atoms with E-state index in [1.54, 1.807) is 11.3 Å². The molecule has 0 aliphatic carbocycles. The van der Waals surface area contributed by atoms with E-state index in [1.165, 1.54) is 22.0 Å². The summed E-state index contributed by atoms with van der Waals surface area (Å²) in [6, 6.07) is 11.1. The van der Waals surface area contributed by atoms with Crippen LogP contribution in [0, 0.1) is 0 Å². The van der Waals surface area contributed by atoms with Crippen LogP contribution in [0.5, 0.6) is 0 Å². The van der Waals surface area contributed by atoms with Gasteiger partial charge in [-0.05, 0) is 33.5 Å². The van der Waals surface area contributed by atoms with Gasteiger partial charge in [0.1, 0.15) is 0 Å². The van der Waals surface area contributed by atoms with Crippen LogP contribution in [0.4, 0.5) is 0 Å². The number of hydrogen-bond acceptors (Lipinski definition) is 1. The monoisotopic (exact) mass is 313 g/mol. The van der Waals surface area contributed by atoms with E-state index in [0.717, 1.165) is 0 Å². The molecule has 0 amide bonds. The first-order valence-electron chi connectivity index (χ1n) is 7.45. The van der Waals surface area contributed by atoms with Crippen LogP contribution in [-0.4, -0.2) is 12.5 Å². The molecule has 0 N–H and O–H groups in total. The zero-order valence-electron chi connectivity index (χ0n) is 13.5. The van der Waals surface area contributed by atoms with E-state index in [2.05, 4.69) is 85.4 Å². The average Bonchev–Trinajstić information content (AvgIpc) is 3.04. The average molecular weight is 314 g/mol. The number of rotatable bonds is 2. The fraction of sp³-hybridized carbons (Fsp3) is 0.333. The summed E-state index contributed by atoms with van der Waals surface area (Å²) >= 11 is 1.77. The fourth-order valence-corrected chi connectivity index (χ4v) is 5.28. The predicted octanol–water partition coefficient (Wildman–Crippen LogP) is 6.22. The standard InChI is InChI=1S/C18H23NSSi/c1-18(2,3)21(4,5)19-12-16(14-10-11-20-13-14)15-8-6-7-9-17(15)19/h6-13H,1-5H3. The number of hydrogen-bond donors (Lipinski definition) is 0. The molecule has 21 heavy (non-hydrogen) atoms. The van der Waals surface area contributed by atoms with Gasteiger partial charge in [-0.25, -0.2) is 0 Å². The molecule has 0 radical (unpaired) electrons. The Morgan fingerprint density at radius 2 is 1.76 bits per heavy atom. The Balaban J connectivity index is 2.31. The highest BCUT2D eigenvalue weighted by molar-refractivity contribution is 7.08. The number of nitrogens with zero attached hydrogens (tertiary/aromatic N) is 1. The summed E-state index contributed by atoms with van der Waals surface area (Å²) in [5.74, 6) is 0. The van der Waals surface area contributed by atoms with Gasteiger partial charge in [-0.15, -0.1) is 0 Å². The van der Waals surface area contributed by atoms with Crippen molar-refractivity contribution in [1.82, 2.24) is 4.23 Å². The van der Waals surface area contributed by atoms with Crippen molar-refractivity contribution in [3.05, 3.63) is 47.3 Å². The van der Waals surface area contributed by atoms with Crippen LogP contribution in [0.3, 0.4) is 0 Å². The molecule has 3 aromatic rings. The van der Waals surface area contributed by atoms with Crippen molar-refractivity contribution < 1.29 is 0 Å². The number of fused-ring (bicyclic) bond motifs is 1. The maximum absolute atomic E-state index is 2.59. The van der Waals surface area contributed by atoms with E-state index in [9.17, 15) is 0 Å². The van der Waals surface area contributed by atoms with Crippen LogP contribution in [0.2, 0.25) is 18.1 Å². The SMILES string of the molecule is CC(C)(C)[Si](C)(C)n1cc(-c2ccsc2)c2ccccc21. The van der Waals surface area contributed by atoms with Gasteiger partial charge < -0.3 is 4.23 Å². The van der Waals surface area contributed by atoms with E-state index < -0.39 is 8.24 Å². The minimum absolute atomic E-state index is 0.320. The molecule has 0 atom stereocenters. The highest BCUT2D eigenvalue weighted by Crippen LogP contribution is 2.41. The van der Waals surface area contributed by atoms with E-state index in [4.69, 9.17) is 0 Å². The lowest BCUT2D eigenvalue weighted by Gasteiger charge is -2.38. The van der Waals surface area contributed by atoms with Crippen LogP contribution in [0.1, 0.15) is 20.8 Å². The lowest BCUT2D eigenvalue weighted by Crippen LogP contribution is -2.44. The molecule has 1 aromatic carbocycles. The first-order chi connectivity index (χ1) is 9.82. The number of thiophene rings is 1.